The van der Waals surface area contributed by atoms with Crippen LogP contribution in [0.3, 0.4) is 0 Å². The fraction of sp³-hybridized carbons (Fsp3) is 0. The molecule has 0 fully saturated rings. The Kier molecular flexibility index (Phi) is 2.86. The van der Waals surface area contributed by atoms with Gasteiger partial charge in [0.2, 0.25) is 0 Å². The molecule has 0 saturated carbocycles. The highest BCUT2D eigenvalue weighted by Gasteiger charge is 2.09. The highest BCUT2D eigenvalue weighted by Crippen LogP contribution is 2.34. The summed E-state index contributed by atoms with van der Waals surface area (Å²) in [6.45, 7) is 0. The minimum atomic E-state index is 1.07. The summed E-state index contributed by atoms with van der Waals surface area (Å²) < 4.78 is 0. The predicted octanol–water partition coefficient (Wildman–Crippen LogP) is 6.21. The third-order valence-electron chi connectivity index (χ3n) is 4.70. The largest absolute Gasteiger partial charge is 0.255 e. The second-order valence-electron chi connectivity index (χ2n) is 6.07. The average molecular weight is 305 g/mol. The number of benzene rings is 4. The quantitative estimate of drug-likeness (QED) is 0.336. The number of aromatic nitrogens is 1. The maximum atomic E-state index is 4.77. The van der Waals surface area contributed by atoms with Crippen LogP contribution in [-0.4, -0.2) is 4.98 Å². The standard InChI is InChI=1S/C23H15N/c1-2-7-16(8-3-1)18-11-6-12-21-20(18)13-14-22-19-10-5-4-9-17(19)15-24-23(21)22/h1-15H. The molecule has 5 aromatic rings. The monoisotopic (exact) mass is 305 g/mol. The normalized spacial score (nSPS) is 11.3. The zero-order valence-electron chi connectivity index (χ0n) is 13.1. The van der Waals surface area contributed by atoms with Crippen LogP contribution in [0.1, 0.15) is 0 Å². The summed E-state index contributed by atoms with van der Waals surface area (Å²) in [6, 6.07) is 29.9. The van der Waals surface area contributed by atoms with Gasteiger partial charge < -0.3 is 0 Å². The van der Waals surface area contributed by atoms with Crippen molar-refractivity contribution >= 4 is 32.4 Å². The van der Waals surface area contributed by atoms with Crippen molar-refractivity contribution in [2.45, 2.75) is 0 Å². The molecule has 0 amide bonds. The van der Waals surface area contributed by atoms with Gasteiger partial charge in [-0.3, -0.25) is 4.98 Å². The number of hydrogen-bond acceptors (Lipinski definition) is 1. The van der Waals surface area contributed by atoms with E-state index < -0.39 is 0 Å². The van der Waals surface area contributed by atoms with Gasteiger partial charge in [0.15, 0.2) is 0 Å². The lowest BCUT2D eigenvalue weighted by molar-refractivity contribution is 1.46. The van der Waals surface area contributed by atoms with Gasteiger partial charge in [0.1, 0.15) is 0 Å². The van der Waals surface area contributed by atoms with Gasteiger partial charge in [0.05, 0.1) is 5.52 Å². The Morgan fingerprint density at radius 3 is 2.12 bits per heavy atom. The van der Waals surface area contributed by atoms with E-state index in [2.05, 4.69) is 84.9 Å². The first-order valence-corrected chi connectivity index (χ1v) is 8.16. The Hall–Kier alpha value is -3.19. The number of rotatable bonds is 1. The van der Waals surface area contributed by atoms with Crippen LogP contribution in [-0.2, 0) is 0 Å². The van der Waals surface area contributed by atoms with E-state index in [0.717, 1.165) is 5.52 Å². The lowest BCUT2D eigenvalue weighted by Gasteiger charge is -2.10. The van der Waals surface area contributed by atoms with Crippen molar-refractivity contribution in [3.8, 4) is 11.1 Å². The fourth-order valence-electron chi connectivity index (χ4n) is 3.56. The Bertz CT molecular complexity index is 1190. The number of pyridine rings is 1. The van der Waals surface area contributed by atoms with Crippen molar-refractivity contribution in [2.24, 2.45) is 0 Å². The Morgan fingerprint density at radius 1 is 0.500 bits per heavy atom. The molecule has 1 heteroatoms. The molecular formula is C23H15N. The SMILES string of the molecule is c1ccc(-c2cccc3c2ccc2c4ccccc4cnc32)cc1. The molecule has 0 N–H and O–H groups in total. The summed E-state index contributed by atoms with van der Waals surface area (Å²) in [7, 11) is 0. The summed E-state index contributed by atoms with van der Waals surface area (Å²) in [5, 5.41) is 6.11. The fourth-order valence-corrected chi connectivity index (χ4v) is 3.56. The van der Waals surface area contributed by atoms with Gasteiger partial charge in [-0.05, 0) is 21.9 Å². The molecule has 0 unspecified atom stereocenters. The van der Waals surface area contributed by atoms with Crippen molar-refractivity contribution in [3.63, 3.8) is 0 Å². The van der Waals surface area contributed by atoms with E-state index in [1.807, 2.05) is 6.20 Å². The van der Waals surface area contributed by atoms with Crippen LogP contribution in [0, 0.1) is 0 Å². The molecule has 0 atom stereocenters. The molecule has 1 heterocycles. The molecule has 1 aromatic heterocycles. The third kappa shape index (κ3) is 1.92. The summed E-state index contributed by atoms with van der Waals surface area (Å²) in [5.41, 5.74) is 3.57. The summed E-state index contributed by atoms with van der Waals surface area (Å²) in [4.78, 5) is 4.77. The molecule has 0 radical (unpaired) electrons. The van der Waals surface area contributed by atoms with E-state index in [1.165, 1.54) is 38.1 Å². The second kappa shape index (κ2) is 5.17. The summed E-state index contributed by atoms with van der Waals surface area (Å²) >= 11 is 0. The molecule has 112 valence electrons. The molecule has 0 aliphatic carbocycles. The molecule has 0 bridgehead atoms. The smallest absolute Gasteiger partial charge is 0.0786 e. The van der Waals surface area contributed by atoms with E-state index in [4.69, 9.17) is 4.98 Å². The maximum Gasteiger partial charge on any atom is 0.0786 e. The van der Waals surface area contributed by atoms with Crippen molar-refractivity contribution < 1.29 is 0 Å². The third-order valence-corrected chi connectivity index (χ3v) is 4.70. The minimum absolute atomic E-state index is 1.07. The Balaban J connectivity index is 1.91. The molecule has 0 aliphatic rings. The molecular weight excluding hydrogens is 290 g/mol. The van der Waals surface area contributed by atoms with Crippen molar-refractivity contribution in [2.75, 3.05) is 0 Å². The van der Waals surface area contributed by atoms with Gasteiger partial charge >= 0.3 is 0 Å². The van der Waals surface area contributed by atoms with Crippen molar-refractivity contribution in [1.29, 1.82) is 0 Å². The number of fused-ring (bicyclic) bond motifs is 5. The van der Waals surface area contributed by atoms with Gasteiger partial charge in [-0.15, -0.1) is 0 Å². The van der Waals surface area contributed by atoms with Crippen LogP contribution in [0.4, 0.5) is 0 Å². The van der Waals surface area contributed by atoms with E-state index in [0.29, 0.717) is 0 Å². The molecule has 0 saturated heterocycles. The average Bonchev–Trinajstić information content (AvgIpc) is 2.67. The van der Waals surface area contributed by atoms with Crippen molar-refractivity contribution in [1.82, 2.24) is 4.98 Å². The van der Waals surface area contributed by atoms with E-state index >= 15 is 0 Å². The lowest BCUT2D eigenvalue weighted by atomic mass is 9.95. The molecule has 0 spiro atoms. The van der Waals surface area contributed by atoms with Crippen LogP contribution in [0.25, 0.3) is 43.6 Å². The van der Waals surface area contributed by atoms with Crippen LogP contribution < -0.4 is 0 Å². The van der Waals surface area contributed by atoms with E-state index in [1.54, 1.807) is 0 Å². The van der Waals surface area contributed by atoms with Crippen LogP contribution in [0.15, 0.2) is 91.1 Å². The van der Waals surface area contributed by atoms with Crippen LogP contribution in [0.5, 0.6) is 0 Å². The van der Waals surface area contributed by atoms with Crippen molar-refractivity contribution in [3.05, 3.63) is 91.1 Å². The highest BCUT2D eigenvalue weighted by molar-refractivity contribution is 6.17. The first-order valence-electron chi connectivity index (χ1n) is 8.16. The molecule has 0 aliphatic heterocycles. The maximum absolute atomic E-state index is 4.77. The van der Waals surface area contributed by atoms with Crippen LogP contribution in [0.2, 0.25) is 0 Å². The first kappa shape index (κ1) is 13.3. The van der Waals surface area contributed by atoms with Gasteiger partial charge in [0, 0.05) is 22.4 Å². The lowest BCUT2D eigenvalue weighted by Crippen LogP contribution is -1.86. The summed E-state index contributed by atoms with van der Waals surface area (Å²) in [6.07, 6.45) is 1.98. The van der Waals surface area contributed by atoms with Gasteiger partial charge in [-0.2, -0.15) is 0 Å². The van der Waals surface area contributed by atoms with Gasteiger partial charge in [-0.25, -0.2) is 0 Å². The minimum Gasteiger partial charge on any atom is -0.255 e. The van der Waals surface area contributed by atoms with Crippen LogP contribution >= 0.6 is 0 Å². The van der Waals surface area contributed by atoms with E-state index in [9.17, 15) is 0 Å². The first-order chi connectivity index (χ1) is 11.9. The topological polar surface area (TPSA) is 12.9 Å². The highest BCUT2D eigenvalue weighted by atomic mass is 14.7. The number of nitrogens with zero attached hydrogens (tertiary/aromatic N) is 1. The zero-order valence-corrected chi connectivity index (χ0v) is 13.1. The molecule has 1 nitrogen and oxygen atoms in total. The second-order valence-corrected chi connectivity index (χ2v) is 6.07. The Labute approximate surface area is 140 Å². The van der Waals surface area contributed by atoms with Gasteiger partial charge in [0.25, 0.3) is 0 Å². The van der Waals surface area contributed by atoms with E-state index in [-0.39, 0.29) is 0 Å². The summed E-state index contributed by atoms with van der Waals surface area (Å²) in [5.74, 6) is 0. The van der Waals surface area contributed by atoms with Gasteiger partial charge in [-0.1, -0.05) is 84.9 Å². The molecule has 5 rings (SSSR count). The number of hydrogen-bond donors (Lipinski definition) is 0. The predicted molar refractivity (Wildman–Crippen MR) is 102 cm³/mol. The molecule has 24 heavy (non-hydrogen) atoms. The zero-order chi connectivity index (χ0) is 15.9. The Morgan fingerprint density at radius 2 is 1.21 bits per heavy atom. The molecule has 4 aromatic carbocycles.